The fourth-order valence-electron chi connectivity index (χ4n) is 1.93. The molecule has 0 aromatic heterocycles. The van der Waals surface area contributed by atoms with Gasteiger partial charge in [0.1, 0.15) is 11.9 Å². The van der Waals surface area contributed by atoms with Gasteiger partial charge in [-0.3, -0.25) is 4.79 Å². The third kappa shape index (κ3) is 5.21. The Labute approximate surface area is 121 Å². The Bertz CT molecular complexity index is 421. The van der Waals surface area contributed by atoms with Gasteiger partial charge in [-0.25, -0.2) is 0 Å². The lowest BCUT2D eigenvalue weighted by atomic mass is 10.1. The van der Waals surface area contributed by atoms with Gasteiger partial charge in [0.15, 0.2) is 0 Å². The van der Waals surface area contributed by atoms with Crippen molar-refractivity contribution in [3.63, 3.8) is 0 Å². The molecule has 0 radical (unpaired) electrons. The van der Waals surface area contributed by atoms with Gasteiger partial charge in [-0.1, -0.05) is 38.5 Å². The van der Waals surface area contributed by atoms with Crippen molar-refractivity contribution in [1.29, 1.82) is 0 Å². The van der Waals surface area contributed by atoms with Crippen LogP contribution in [0.5, 0.6) is 5.75 Å². The summed E-state index contributed by atoms with van der Waals surface area (Å²) in [4.78, 5) is 11.8. The minimum absolute atomic E-state index is 0.0334. The Kier molecular flexibility index (Phi) is 7.09. The van der Waals surface area contributed by atoms with E-state index in [0.29, 0.717) is 13.0 Å². The highest BCUT2D eigenvalue weighted by molar-refractivity contribution is 5.81. The van der Waals surface area contributed by atoms with E-state index in [2.05, 4.69) is 5.32 Å². The van der Waals surface area contributed by atoms with Crippen LogP contribution in [0.4, 0.5) is 0 Å². The molecule has 2 unspecified atom stereocenters. The van der Waals surface area contributed by atoms with Gasteiger partial charge >= 0.3 is 0 Å². The van der Waals surface area contributed by atoms with E-state index in [4.69, 9.17) is 10.5 Å². The minimum Gasteiger partial charge on any atom is -0.488 e. The number of hydrogen-bond acceptors (Lipinski definition) is 3. The first-order chi connectivity index (χ1) is 9.58. The van der Waals surface area contributed by atoms with E-state index in [0.717, 1.165) is 24.2 Å². The topological polar surface area (TPSA) is 64.4 Å². The molecule has 1 rings (SSSR count). The molecule has 4 nitrogen and oxygen atoms in total. The molecule has 0 heterocycles. The molecule has 3 N–H and O–H groups in total. The van der Waals surface area contributed by atoms with Gasteiger partial charge in [0, 0.05) is 0 Å². The molecule has 0 aliphatic carbocycles. The van der Waals surface area contributed by atoms with Gasteiger partial charge in [0.05, 0.1) is 12.6 Å². The van der Waals surface area contributed by atoms with E-state index in [1.54, 1.807) is 0 Å². The third-order valence-corrected chi connectivity index (χ3v) is 3.28. The summed E-state index contributed by atoms with van der Waals surface area (Å²) in [7, 11) is 0. The molecule has 0 saturated carbocycles. The molecular weight excluding hydrogens is 252 g/mol. The molecule has 4 heteroatoms. The minimum atomic E-state index is -0.420. The Balaban J connectivity index is 2.48. The summed E-state index contributed by atoms with van der Waals surface area (Å²) >= 11 is 0. The van der Waals surface area contributed by atoms with Gasteiger partial charge in [0.25, 0.3) is 0 Å². The molecule has 112 valence electrons. The smallest absolute Gasteiger partial charge is 0.237 e. The maximum atomic E-state index is 11.8. The average Bonchev–Trinajstić information content (AvgIpc) is 2.45. The van der Waals surface area contributed by atoms with E-state index >= 15 is 0 Å². The number of benzene rings is 1. The van der Waals surface area contributed by atoms with Crippen LogP contribution < -0.4 is 15.8 Å². The SMILES string of the molecule is CCCC(N)C(=O)NCC(CC)Oc1ccccc1C. The monoisotopic (exact) mass is 278 g/mol. The Morgan fingerprint density at radius 3 is 2.65 bits per heavy atom. The van der Waals surface area contributed by atoms with Crippen LogP contribution in [0.1, 0.15) is 38.7 Å². The lowest BCUT2D eigenvalue weighted by molar-refractivity contribution is -0.122. The van der Waals surface area contributed by atoms with Crippen LogP contribution in [0.15, 0.2) is 24.3 Å². The second kappa shape index (κ2) is 8.59. The summed E-state index contributed by atoms with van der Waals surface area (Å²) in [6.07, 6.45) is 2.42. The zero-order chi connectivity index (χ0) is 15.0. The number of hydrogen-bond donors (Lipinski definition) is 2. The highest BCUT2D eigenvalue weighted by Gasteiger charge is 2.15. The summed E-state index contributed by atoms with van der Waals surface area (Å²) in [5.41, 5.74) is 6.88. The zero-order valence-electron chi connectivity index (χ0n) is 12.7. The number of amides is 1. The lowest BCUT2D eigenvalue weighted by Crippen LogP contribution is -2.44. The second-order valence-electron chi connectivity index (χ2n) is 5.05. The molecule has 0 bridgehead atoms. The second-order valence-corrected chi connectivity index (χ2v) is 5.05. The fourth-order valence-corrected chi connectivity index (χ4v) is 1.93. The molecule has 0 aliphatic rings. The number of ether oxygens (including phenoxy) is 1. The highest BCUT2D eigenvalue weighted by atomic mass is 16.5. The van der Waals surface area contributed by atoms with Crippen molar-refractivity contribution in [3.05, 3.63) is 29.8 Å². The molecule has 0 fully saturated rings. The largest absolute Gasteiger partial charge is 0.488 e. The Morgan fingerprint density at radius 2 is 2.05 bits per heavy atom. The predicted octanol–water partition coefficient (Wildman–Crippen LogP) is 2.40. The first-order valence-corrected chi connectivity index (χ1v) is 7.34. The number of para-hydroxylation sites is 1. The number of aryl methyl sites for hydroxylation is 1. The molecule has 0 spiro atoms. The summed E-state index contributed by atoms with van der Waals surface area (Å²) in [5.74, 6) is 0.769. The number of carbonyl (C=O) groups excluding carboxylic acids is 1. The Hall–Kier alpha value is -1.55. The lowest BCUT2D eigenvalue weighted by Gasteiger charge is -2.20. The van der Waals surface area contributed by atoms with E-state index < -0.39 is 6.04 Å². The average molecular weight is 278 g/mol. The zero-order valence-corrected chi connectivity index (χ0v) is 12.7. The van der Waals surface area contributed by atoms with Crippen LogP contribution in [-0.2, 0) is 4.79 Å². The maximum absolute atomic E-state index is 11.8. The van der Waals surface area contributed by atoms with Crippen LogP contribution >= 0.6 is 0 Å². The van der Waals surface area contributed by atoms with E-state index in [1.165, 1.54) is 0 Å². The van der Waals surface area contributed by atoms with Gasteiger partial charge in [0.2, 0.25) is 5.91 Å². The van der Waals surface area contributed by atoms with Crippen molar-refractivity contribution in [2.75, 3.05) is 6.54 Å². The number of rotatable bonds is 8. The normalized spacial score (nSPS) is 13.6. The number of nitrogens with two attached hydrogens (primary N) is 1. The molecule has 20 heavy (non-hydrogen) atoms. The summed E-state index contributed by atoms with van der Waals surface area (Å²) in [6.45, 7) is 6.56. The third-order valence-electron chi connectivity index (χ3n) is 3.28. The number of carbonyl (C=O) groups is 1. The van der Waals surface area contributed by atoms with Gasteiger partial charge in [-0.05, 0) is 31.4 Å². The van der Waals surface area contributed by atoms with E-state index in [-0.39, 0.29) is 12.0 Å². The van der Waals surface area contributed by atoms with Crippen molar-refractivity contribution in [3.8, 4) is 5.75 Å². The first kappa shape index (κ1) is 16.5. The summed E-state index contributed by atoms with van der Waals surface area (Å²) < 4.78 is 5.93. The Morgan fingerprint density at radius 1 is 1.35 bits per heavy atom. The van der Waals surface area contributed by atoms with E-state index in [9.17, 15) is 4.79 Å². The van der Waals surface area contributed by atoms with E-state index in [1.807, 2.05) is 45.0 Å². The van der Waals surface area contributed by atoms with Crippen molar-refractivity contribution in [2.24, 2.45) is 5.73 Å². The molecule has 0 saturated heterocycles. The summed E-state index contributed by atoms with van der Waals surface area (Å²) in [5, 5.41) is 2.87. The standard InChI is InChI=1S/C16H26N2O2/c1-4-8-14(17)16(19)18-11-13(5-2)20-15-10-7-6-9-12(15)3/h6-7,9-10,13-14H,4-5,8,11,17H2,1-3H3,(H,18,19). The fraction of sp³-hybridized carbons (Fsp3) is 0.562. The summed E-state index contributed by atoms with van der Waals surface area (Å²) in [6, 6.07) is 7.47. The molecule has 1 aromatic carbocycles. The van der Waals surface area contributed by atoms with Crippen LogP contribution in [0.25, 0.3) is 0 Å². The molecular formula is C16H26N2O2. The maximum Gasteiger partial charge on any atom is 0.237 e. The predicted molar refractivity (Wildman–Crippen MR) is 81.8 cm³/mol. The molecule has 2 atom stereocenters. The van der Waals surface area contributed by atoms with Crippen LogP contribution in [-0.4, -0.2) is 24.6 Å². The molecule has 1 amide bonds. The van der Waals surface area contributed by atoms with Crippen molar-refractivity contribution in [2.45, 2.75) is 52.2 Å². The molecule has 1 aromatic rings. The van der Waals surface area contributed by atoms with Crippen molar-refractivity contribution < 1.29 is 9.53 Å². The van der Waals surface area contributed by atoms with Crippen molar-refractivity contribution >= 4 is 5.91 Å². The van der Waals surface area contributed by atoms with Gasteiger partial charge in [-0.15, -0.1) is 0 Å². The highest BCUT2D eigenvalue weighted by Crippen LogP contribution is 2.18. The molecule has 0 aliphatic heterocycles. The van der Waals surface area contributed by atoms with Gasteiger partial charge in [-0.2, -0.15) is 0 Å². The first-order valence-electron chi connectivity index (χ1n) is 7.34. The van der Waals surface area contributed by atoms with Crippen LogP contribution in [0.3, 0.4) is 0 Å². The van der Waals surface area contributed by atoms with Crippen molar-refractivity contribution in [1.82, 2.24) is 5.32 Å². The van der Waals surface area contributed by atoms with Crippen LogP contribution in [0.2, 0.25) is 0 Å². The number of nitrogens with one attached hydrogen (secondary N) is 1. The quantitative estimate of drug-likeness (QED) is 0.767. The van der Waals surface area contributed by atoms with Crippen LogP contribution in [0, 0.1) is 6.92 Å². The van der Waals surface area contributed by atoms with Gasteiger partial charge < -0.3 is 15.8 Å².